The molecule has 0 aliphatic heterocycles. The van der Waals surface area contributed by atoms with E-state index >= 15 is 0 Å². The summed E-state index contributed by atoms with van der Waals surface area (Å²) in [6.07, 6.45) is 0.180. The Labute approximate surface area is 91.3 Å². The summed E-state index contributed by atoms with van der Waals surface area (Å²) in [7, 11) is -0.280. The van der Waals surface area contributed by atoms with Gasteiger partial charge in [-0.3, -0.25) is 4.57 Å². The van der Waals surface area contributed by atoms with Crippen LogP contribution in [0, 0.1) is 0 Å². The number of rotatable bonds is 4. The first kappa shape index (κ1) is 11.9. The second-order valence-corrected chi connectivity index (χ2v) is 5.67. The lowest BCUT2D eigenvalue weighted by molar-refractivity contribution is 0.274. The second kappa shape index (κ2) is 5.03. The fourth-order valence-electron chi connectivity index (χ4n) is 0.940. The number of nitrogens with zero attached hydrogens (tertiary/aromatic N) is 1. The molecule has 0 aliphatic rings. The predicted octanol–water partition coefficient (Wildman–Crippen LogP) is 2.83. The maximum atomic E-state index is 11.7. The minimum absolute atomic E-state index is 0.180. The third-order valence-electron chi connectivity index (χ3n) is 1.68. The van der Waals surface area contributed by atoms with Crippen LogP contribution in [0.2, 0.25) is 0 Å². The van der Waals surface area contributed by atoms with Crippen LogP contribution >= 0.6 is 23.5 Å². The molecule has 1 aromatic rings. The maximum Gasteiger partial charge on any atom is 0.336 e. The summed E-state index contributed by atoms with van der Waals surface area (Å²) < 4.78 is 22.1. The quantitative estimate of drug-likeness (QED) is 0.628. The van der Waals surface area contributed by atoms with Gasteiger partial charge in [-0.1, -0.05) is 6.07 Å². The summed E-state index contributed by atoms with van der Waals surface area (Å²) in [4.78, 5) is 4.14. The van der Waals surface area contributed by atoms with Crippen molar-refractivity contribution in [1.29, 1.82) is 0 Å². The smallest absolute Gasteiger partial charge is 0.312 e. The van der Waals surface area contributed by atoms with Crippen molar-refractivity contribution in [1.82, 2.24) is 4.98 Å². The van der Waals surface area contributed by atoms with Crippen LogP contribution in [0.1, 0.15) is 5.69 Å². The zero-order valence-corrected chi connectivity index (χ0v) is 10.4. The topological polar surface area (TPSA) is 48.4 Å². The van der Waals surface area contributed by atoms with Crippen molar-refractivity contribution in [2.24, 2.45) is 0 Å². The van der Waals surface area contributed by atoms with E-state index in [4.69, 9.17) is 9.05 Å². The first-order chi connectivity index (χ1) is 6.59. The molecule has 0 atom stereocenters. The highest BCUT2D eigenvalue weighted by Gasteiger charge is 2.22. The van der Waals surface area contributed by atoms with Crippen LogP contribution < -0.4 is 0 Å². The number of hydrogen-bond acceptors (Lipinski definition) is 4. The highest BCUT2D eigenvalue weighted by molar-refractivity contribution is 9.10. The van der Waals surface area contributed by atoms with Crippen LogP contribution in [0.3, 0.4) is 0 Å². The summed E-state index contributed by atoms with van der Waals surface area (Å²) in [5.41, 5.74) is 0.673. The number of halogens is 1. The van der Waals surface area contributed by atoms with Gasteiger partial charge < -0.3 is 9.05 Å². The molecule has 1 heterocycles. The molecule has 78 valence electrons. The van der Waals surface area contributed by atoms with Gasteiger partial charge in [0.15, 0.2) is 0 Å². The molecule has 1 rings (SSSR count). The Morgan fingerprint density at radius 2 is 2.07 bits per heavy atom. The van der Waals surface area contributed by atoms with Crippen LogP contribution in [0.5, 0.6) is 0 Å². The van der Waals surface area contributed by atoms with E-state index in [9.17, 15) is 4.57 Å². The summed E-state index contributed by atoms with van der Waals surface area (Å²) >= 11 is 3.23. The van der Waals surface area contributed by atoms with E-state index < -0.39 is 7.60 Å². The Kier molecular flexibility index (Phi) is 4.26. The van der Waals surface area contributed by atoms with Crippen LogP contribution in [0.4, 0.5) is 0 Å². The Morgan fingerprint density at radius 1 is 1.43 bits per heavy atom. The zero-order valence-electron chi connectivity index (χ0n) is 7.94. The third kappa shape index (κ3) is 3.17. The molecule has 14 heavy (non-hydrogen) atoms. The minimum atomic E-state index is -3.01. The van der Waals surface area contributed by atoms with Crippen molar-refractivity contribution in [3.63, 3.8) is 0 Å². The van der Waals surface area contributed by atoms with Crippen LogP contribution in [0.15, 0.2) is 22.8 Å². The van der Waals surface area contributed by atoms with Crippen molar-refractivity contribution >= 4 is 23.5 Å². The Morgan fingerprint density at radius 3 is 2.57 bits per heavy atom. The largest absolute Gasteiger partial charge is 0.336 e. The molecule has 1 aromatic heterocycles. The summed E-state index contributed by atoms with van der Waals surface area (Å²) in [6.45, 7) is 0. The zero-order chi connectivity index (χ0) is 10.6. The summed E-state index contributed by atoms with van der Waals surface area (Å²) in [5.74, 6) is 0. The van der Waals surface area contributed by atoms with Gasteiger partial charge in [0.2, 0.25) is 0 Å². The lowest BCUT2D eigenvalue weighted by Crippen LogP contribution is -1.95. The standard InChI is InChI=1S/C8H11BrNO3P/c1-12-14(11,13-2)6-7-4-3-5-8(9)10-7/h3-5H,6H2,1-2H3. The fraction of sp³-hybridized carbons (Fsp3) is 0.375. The van der Waals surface area contributed by atoms with E-state index in [1.807, 2.05) is 6.07 Å². The molecule has 0 amide bonds. The summed E-state index contributed by atoms with van der Waals surface area (Å²) in [6, 6.07) is 5.39. The molecule has 0 spiro atoms. The van der Waals surface area contributed by atoms with Crippen molar-refractivity contribution in [2.75, 3.05) is 14.2 Å². The van der Waals surface area contributed by atoms with Gasteiger partial charge in [-0.2, -0.15) is 0 Å². The molecular formula is C8H11BrNO3P. The summed E-state index contributed by atoms with van der Waals surface area (Å²) in [5, 5.41) is 0. The van der Waals surface area contributed by atoms with E-state index in [1.165, 1.54) is 14.2 Å². The van der Waals surface area contributed by atoms with E-state index in [1.54, 1.807) is 12.1 Å². The average Bonchev–Trinajstić information content (AvgIpc) is 2.18. The van der Waals surface area contributed by atoms with E-state index in [0.717, 1.165) is 0 Å². The van der Waals surface area contributed by atoms with Crippen LogP contribution in [0.25, 0.3) is 0 Å². The first-order valence-electron chi connectivity index (χ1n) is 3.91. The van der Waals surface area contributed by atoms with Gasteiger partial charge in [0.1, 0.15) is 4.60 Å². The van der Waals surface area contributed by atoms with Gasteiger partial charge in [-0.25, -0.2) is 4.98 Å². The lowest BCUT2D eigenvalue weighted by Gasteiger charge is -2.12. The molecule has 0 fully saturated rings. The van der Waals surface area contributed by atoms with Gasteiger partial charge in [-0.05, 0) is 28.1 Å². The van der Waals surface area contributed by atoms with Crippen LogP contribution in [-0.2, 0) is 19.8 Å². The molecular weight excluding hydrogens is 269 g/mol. The molecule has 0 N–H and O–H groups in total. The first-order valence-corrected chi connectivity index (χ1v) is 6.44. The number of hydrogen-bond donors (Lipinski definition) is 0. The van der Waals surface area contributed by atoms with Crippen molar-refractivity contribution in [2.45, 2.75) is 6.16 Å². The Hall–Kier alpha value is -0.220. The van der Waals surface area contributed by atoms with Crippen LogP contribution in [-0.4, -0.2) is 19.2 Å². The average molecular weight is 280 g/mol. The molecule has 0 saturated heterocycles. The minimum Gasteiger partial charge on any atom is -0.312 e. The molecule has 0 aromatic carbocycles. The Balaban J connectivity index is 2.83. The van der Waals surface area contributed by atoms with Crippen molar-refractivity contribution in [3.8, 4) is 0 Å². The van der Waals surface area contributed by atoms with Crippen molar-refractivity contribution < 1.29 is 13.6 Å². The van der Waals surface area contributed by atoms with Gasteiger partial charge in [-0.15, -0.1) is 0 Å². The monoisotopic (exact) mass is 279 g/mol. The SMILES string of the molecule is COP(=O)(Cc1cccc(Br)n1)OC. The number of aromatic nitrogens is 1. The molecule has 0 radical (unpaired) electrons. The highest BCUT2D eigenvalue weighted by Crippen LogP contribution is 2.49. The number of pyridine rings is 1. The lowest BCUT2D eigenvalue weighted by atomic mass is 10.4. The molecule has 0 bridgehead atoms. The molecule has 0 unspecified atom stereocenters. The molecule has 0 aliphatic carbocycles. The van der Waals surface area contributed by atoms with Gasteiger partial charge in [0, 0.05) is 14.2 Å². The van der Waals surface area contributed by atoms with E-state index in [2.05, 4.69) is 20.9 Å². The molecule has 0 saturated carbocycles. The Bertz CT molecular complexity index is 350. The predicted molar refractivity (Wildman–Crippen MR) is 57.3 cm³/mol. The highest BCUT2D eigenvalue weighted by atomic mass is 79.9. The fourth-order valence-corrected chi connectivity index (χ4v) is 2.30. The van der Waals surface area contributed by atoms with Gasteiger partial charge in [0.25, 0.3) is 0 Å². The maximum absolute atomic E-state index is 11.7. The normalized spacial score (nSPS) is 11.6. The molecule has 4 nitrogen and oxygen atoms in total. The second-order valence-electron chi connectivity index (χ2n) is 2.59. The van der Waals surface area contributed by atoms with Gasteiger partial charge >= 0.3 is 7.60 Å². The van der Waals surface area contributed by atoms with E-state index in [0.29, 0.717) is 10.3 Å². The van der Waals surface area contributed by atoms with Crippen molar-refractivity contribution in [3.05, 3.63) is 28.5 Å². The molecule has 6 heteroatoms. The third-order valence-corrected chi connectivity index (χ3v) is 3.95. The van der Waals surface area contributed by atoms with Gasteiger partial charge in [0.05, 0.1) is 11.9 Å². The van der Waals surface area contributed by atoms with E-state index in [-0.39, 0.29) is 6.16 Å².